The predicted molar refractivity (Wildman–Crippen MR) is 88.4 cm³/mol. The quantitative estimate of drug-likeness (QED) is 0.914. The number of nitrogens with one attached hydrogen (secondary N) is 1. The first-order valence-corrected chi connectivity index (χ1v) is 8.60. The Hall–Kier alpha value is -1.83. The van der Waals surface area contributed by atoms with Crippen LogP contribution in [0.5, 0.6) is 0 Å². The van der Waals surface area contributed by atoms with E-state index in [1.807, 2.05) is 24.4 Å². The zero-order valence-electron chi connectivity index (χ0n) is 13.2. The molecule has 0 saturated carbocycles. The topological polar surface area (TPSA) is 45.2 Å². The van der Waals surface area contributed by atoms with E-state index in [0.29, 0.717) is 25.9 Å². The third-order valence-electron chi connectivity index (χ3n) is 4.13. The second-order valence-electron chi connectivity index (χ2n) is 6.06. The van der Waals surface area contributed by atoms with Gasteiger partial charge in [-0.1, -0.05) is 17.4 Å². The third-order valence-corrected chi connectivity index (χ3v) is 5.21. The number of carbonyl (C=O) groups excluding carboxylic acids is 1. The number of thiazole rings is 1. The molecular weight excluding hydrogens is 339 g/mol. The molecule has 8 heteroatoms. The van der Waals surface area contributed by atoms with Crippen LogP contribution in [0.25, 0.3) is 10.2 Å². The Balaban J connectivity index is 1.59. The minimum absolute atomic E-state index is 0.361. The van der Waals surface area contributed by atoms with Crippen molar-refractivity contribution in [2.24, 2.45) is 5.92 Å². The lowest BCUT2D eigenvalue weighted by Gasteiger charge is -2.31. The number of anilines is 1. The highest BCUT2D eigenvalue weighted by Gasteiger charge is 2.31. The van der Waals surface area contributed by atoms with E-state index in [-0.39, 0.29) is 5.92 Å². The van der Waals surface area contributed by atoms with Gasteiger partial charge < -0.3 is 10.2 Å². The van der Waals surface area contributed by atoms with Gasteiger partial charge in [-0.25, -0.2) is 4.98 Å². The molecule has 0 spiro atoms. The maximum atomic E-state index is 12.2. The summed E-state index contributed by atoms with van der Waals surface area (Å²) >= 11 is 1.61. The van der Waals surface area contributed by atoms with Gasteiger partial charge in [0.25, 0.3) is 0 Å². The highest BCUT2D eigenvalue weighted by molar-refractivity contribution is 7.22. The molecule has 1 saturated heterocycles. The standard InChI is InChI=1S/C16H18F3N3OS/c1-10-2-3-12-13(8-10)24-15(21-12)22-6-4-11(5-7-22)14(23)20-9-16(17,18)19/h2-3,8,11H,4-7,9H2,1H3,(H,20,23). The Morgan fingerprint density at radius 1 is 1.38 bits per heavy atom. The van der Waals surface area contributed by atoms with Crippen molar-refractivity contribution in [2.75, 3.05) is 24.5 Å². The van der Waals surface area contributed by atoms with Crippen LogP contribution in [0, 0.1) is 12.8 Å². The number of aryl methyl sites for hydroxylation is 1. The van der Waals surface area contributed by atoms with E-state index in [1.54, 1.807) is 11.3 Å². The highest BCUT2D eigenvalue weighted by atomic mass is 32.1. The van der Waals surface area contributed by atoms with Crippen LogP contribution < -0.4 is 10.2 Å². The minimum Gasteiger partial charge on any atom is -0.348 e. The molecule has 1 aliphatic heterocycles. The van der Waals surface area contributed by atoms with Crippen molar-refractivity contribution in [3.63, 3.8) is 0 Å². The minimum atomic E-state index is -4.37. The fourth-order valence-corrected chi connectivity index (χ4v) is 3.94. The SMILES string of the molecule is Cc1ccc2nc(N3CCC(C(=O)NCC(F)(F)F)CC3)sc2c1. The molecule has 0 unspecified atom stereocenters. The van der Waals surface area contributed by atoms with Crippen molar-refractivity contribution in [3.8, 4) is 0 Å². The Labute approximate surface area is 141 Å². The second kappa shape index (κ2) is 6.58. The van der Waals surface area contributed by atoms with Crippen molar-refractivity contribution < 1.29 is 18.0 Å². The molecule has 2 heterocycles. The average molecular weight is 357 g/mol. The van der Waals surface area contributed by atoms with Gasteiger partial charge in [0.05, 0.1) is 10.2 Å². The number of amides is 1. The van der Waals surface area contributed by atoms with Gasteiger partial charge in [-0.3, -0.25) is 4.79 Å². The number of carbonyl (C=O) groups is 1. The van der Waals surface area contributed by atoms with Crippen molar-refractivity contribution >= 4 is 32.6 Å². The molecule has 1 aromatic carbocycles. The maximum absolute atomic E-state index is 12.2. The Morgan fingerprint density at radius 3 is 2.75 bits per heavy atom. The lowest BCUT2D eigenvalue weighted by atomic mass is 9.96. The molecule has 0 atom stereocenters. The Kier molecular flexibility index (Phi) is 4.67. The Bertz CT molecular complexity index is 736. The highest BCUT2D eigenvalue weighted by Crippen LogP contribution is 2.32. The van der Waals surface area contributed by atoms with Gasteiger partial charge in [-0.2, -0.15) is 13.2 Å². The number of hydrogen-bond donors (Lipinski definition) is 1. The molecule has 1 N–H and O–H groups in total. The van der Waals surface area contributed by atoms with Crippen molar-refractivity contribution in [1.29, 1.82) is 0 Å². The molecule has 0 radical (unpaired) electrons. The van der Waals surface area contributed by atoms with E-state index >= 15 is 0 Å². The van der Waals surface area contributed by atoms with E-state index in [4.69, 9.17) is 0 Å². The first-order valence-electron chi connectivity index (χ1n) is 7.78. The van der Waals surface area contributed by atoms with Crippen molar-refractivity contribution in [3.05, 3.63) is 23.8 Å². The fourth-order valence-electron chi connectivity index (χ4n) is 2.82. The summed E-state index contributed by atoms with van der Waals surface area (Å²) in [6.45, 7) is 2.03. The molecular formula is C16H18F3N3OS. The smallest absolute Gasteiger partial charge is 0.348 e. The van der Waals surface area contributed by atoms with Crippen LogP contribution in [0.4, 0.5) is 18.3 Å². The number of hydrogen-bond acceptors (Lipinski definition) is 4. The first kappa shape index (κ1) is 17.0. The molecule has 1 aromatic heterocycles. The van der Waals surface area contributed by atoms with Crippen LogP contribution >= 0.6 is 11.3 Å². The number of rotatable bonds is 3. The van der Waals surface area contributed by atoms with E-state index in [0.717, 1.165) is 15.3 Å². The van der Waals surface area contributed by atoms with Crippen molar-refractivity contribution in [1.82, 2.24) is 10.3 Å². The average Bonchev–Trinajstić information content (AvgIpc) is 2.95. The molecule has 1 amide bonds. The number of fused-ring (bicyclic) bond motifs is 1. The summed E-state index contributed by atoms with van der Waals surface area (Å²) in [5, 5.41) is 2.89. The number of alkyl halides is 3. The lowest BCUT2D eigenvalue weighted by Crippen LogP contribution is -2.43. The monoisotopic (exact) mass is 357 g/mol. The number of nitrogens with zero attached hydrogens (tertiary/aromatic N) is 2. The van der Waals surface area contributed by atoms with Gasteiger partial charge in [0.2, 0.25) is 5.91 Å². The summed E-state index contributed by atoms with van der Waals surface area (Å²) in [4.78, 5) is 18.5. The molecule has 1 fully saturated rings. The molecule has 4 nitrogen and oxygen atoms in total. The molecule has 2 aromatic rings. The van der Waals surface area contributed by atoms with Crippen LogP contribution in [0.15, 0.2) is 18.2 Å². The van der Waals surface area contributed by atoms with Gasteiger partial charge in [-0.05, 0) is 37.5 Å². The molecule has 0 bridgehead atoms. The van der Waals surface area contributed by atoms with Crippen molar-refractivity contribution in [2.45, 2.75) is 25.9 Å². The van der Waals surface area contributed by atoms with E-state index in [2.05, 4.69) is 16.0 Å². The summed E-state index contributed by atoms with van der Waals surface area (Å²) in [6.07, 6.45) is -3.28. The molecule has 0 aliphatic carbocycles. The predicted octanol–water partition coefficient (Wildman–Crippen LogP) is 3.50. The number of benzene rings is 1. The molecule has 1 aliphatic rings. The first-order chi connectivity index (χ1) is 11.3. The van der Waals surface area contributed by atoms with Gasteiger partial charge in [0.15, 0.2) is 5.13 Å². The zero-order valence-corrected chi connectivity index (χ0v) is 14.0. The van der Waals surface area contributed by atoms with Crippen LogP contribution in [-0.4, -0.2) is 36.7 Å². The Morgan fingerprint density at radius 2 is 2.08 bits per heavy atom. The second-order valence-corrected chi connectivity index (χ2v) is 7.07. The maximum Gasteiger partial charge on any atom is 0.405 e. The van der Waals surface area contributed by atoms with Gasteiger partial charge in [0.1, 0.15) is 6.54 Å². The van der Waals surface area contributed by atoms with E-state index < -0.39 is 18.6 Å². The van der Waals surface area contributed by atoms with Crippen LogP contribution in [0.3, 0.4) is 0 Å². The summed E-state index contributed by atoms with van der Waals surface area (Å²) in [7, 11) is 0. The molecule has 130 valence electrons. The van der Waals surface area contributed by atoms with Gasteiger partial charge >= 0.3 is 6.18 Å². The van der Waals surface area contributed by atoms with Crippen LogP contribution in [0.1, 0.15) is 18.4 Å². The fraction of sp³-hybridized carbons (Fsp3) is 0.500. The summed E-state index contributed by atoms with van der Waals surface area (Å²) < 4.78 is 37.6. The number of halogens is 3. The largest absolute Gasteiger partial charge is 0.405 e. The van der Waals surface area contributed by atoms with Gasteiger partial charge in [0, 0.05) is 19.0 Å². The normalized spacial score (nSPS) is 16.6. The van der Waals surface area contributed by atoms with Gasteiger partial charge in [-0.15, -0.1) is 0 Å². The van der Waals surface area contributed by atoms with Crippen LogP contribution in [0.2, 0.25) is 0 Å². The summed E-state index contributed by atoms with van der Waals surface area (Å²) in [6, 6.07) is 6.10. The van der Waals surface area contributed by atoms with E-state index in [9.17, 15) is 18.0 Å². The number of aromatic nitrogens is 1. The molecule has 3 rings (SSSR count). The third kappa shape index (κ3) is 3.98. The van der Waals surface area contributed by atoms with Crippen LogP contribution in [-0.2, 0) is 4.79 Å². The summed E-state index contributed by atoms with van der Waals surface area (Å²) in [5.74, 6) is -0.868. The zero-order chi connectivity index (χ0) is 17.3. The summed E-state index contributed by atoms with van der Waals surface area (Å²) in [5.41, 5.74) is 2.13. The van der Waals surface area contributed by atoms with E-state index in [1.165, 1.54) is 5.56 Å². The lowest BCUT2D eigenvalue weighted by molar-refractivity contribution is -0.141. The number of piperidine rings is 1. The molecule has 24 heavy (non-hydrogen) atoms.